The van der Waals surface area contributed by atoms with Crippen molar-refractivity contribution in [3.8, 4) is 5.69 Å². The predicted molar refractivity (Wildman–Crippen MR) is 190 cm³/mol. The molecule has 218 valence electrons. The van der Waals surface area contributed by atoms with Gasteiger partial charge in [0, 0.05) is 16.5 Å². The quantitative estimate of drug-likeness (QED) is 0.126. The molecule has 3 aromatic carbocycles. The normalized spacial score (nSPS) is 14.5. The third kappa shape index (κ3) is 7.17. The van der Waals surface area contributed by atoms with E-state index < -0.39 is 0 Å². The third-order valence-electron chi connectivity index (χ3n) is 8.27. The van der Waals surface area contributed by atoms with Gasteiger partial charge in [0.2, 0.25) is 0 Å². The van der Waals surface area contributed by atoms with Crippen molar-refractivity contribution in [2.45, 2.75) is 66.2 Å². The van der Waals surface area contributed by atoms with E-state index in [-0.39, 0.29) is 0 Å². The van der Waals surface area contributed by atoms with Crippen molar-refractivity contribution in [1.29, 1.82) is 0 Å². The number of aromatic nitrogens is 1. The summed E-state index contributed by atoms with van der Waals surface area (Å²) in [4.78, 5) is 0. The molecule has 1 heterocycles. The molecule has 4 aromatic rings. The summed E-state index contributed by atoms with van der Waals surface area (Å²) in [5.74, 6) is 0. The van der Waals surface area contributed by atoms with Gasteiger partial charge in [0.05, 0.1) is 11.0 Å². The van der Waals surface area contributed by atoms with Gasteiger partial charge in [0.1, 0.15) is 0 Å². The molecule has 0 fully saturated rings. The first-order valence-corrected chi connectivity index (χ1v) is 15.9. The lowest BCUT2D eigenvalue weighted by molar-refractivity contribution is 1.06. The topological polar surface area (TPSA) is 4.93 Å². The number of rotatable bonds is 11. The zero-order chi connectivity index (χ0) is 30.0. The number of allylic oxidation sites excluding steroid dienone is 14. The van der Waals surface area contributed by atoms with E-state index in [9.17, 15) is 0 Å². The van der Waals surface area contributed by atoms with Crippen LogP contribution in [0.15, 0.2) is 139 Å². The van der Waals surface area contributed by atoms with E-state index in [4.69, 9.17) is 0 Å². The van der Waals surface area contributed by atoms with E-state index in [0.29, 0.717) is 0 Å². The van der Waals surface area contributed by atoms with Crippen LogP contribution in [0.1, 0.15) is 70.1 Å². The predicted octanol–water partition coefficient (Wildman–Crippen LogP) is 12.0. The molecule has 0 saturated heterocycles. The van der Waals surface area contributed by atoms with E-state index in [1.165, 1.54) is 60.9 Å². The minimum atomic E-state index is 0.971. The van der Waals surface area contributed by atoms with Crippen LogP contribution in [0.4, 0.5) is 0 Å². The number of hydrogen-bond acceptors (Lipinski definition) is 0. The summed E-state index contributed by atoms with van der Waals surface area (Å²) < 4.78 is 2.44. The van der Waals surface area contributed by atoms with Crippen molar-refractivity contribution < 1.29 is 0 Å². The Morgan fingerprint density at radius 1 is 0.791 bits per heavy atom. The fourth-order valence-electron chi connectivity index (χ4n) is 5.99. The van der Waals surface area contributed by atoms with Crippen LogP contribution in [0.5, 0.6) is 0 Å². The lowest BCUT2D eigenvalue weighted by Crippen LogP contribution is -1.96. The summed E-state index contributed by atoms with van der Waals surface area (Å²) in [6.07, 6.45) is 30.4. The van der Waals surface area contributed by atoms with Gasteiger partial charge in [-0.2, -0.15) is 0 Å². The molecule has 0 radical (unpaired) electrons. The maximum absolute atomic E-state index is 2.44. The average Bonchev–Trinajstić information content (AvgIpc) is 3.15. The molecule has 1 aliphatic rings. The van der Waals surface area contributed by atoms with Crippen molar-refractivity contribution in [3.05, 3.63) is 155 Å². The standard InChI is InChI=1S/C42H45N/c1-5-9-16-32(8-4)28-35-22-26-41-39(30-35)40-31-37(36(15-7-3)19-10-6-2)23-27-42(40)43(41)38-24-20-34(21-25-38)29-33-17-13-11-12-14-18-33/h5,8-15,17,19-27,30-31H,6-7,16,18,28-29H2,1-4H3/b9-5?,19-10-,32-8+,36-15+. The number of fused-ring (bicyclic) bond motifs is 3. The lowest BCUT2D eigenvalue weighted by atomic mass is 9.98. The van der Waals surface area contributed by atoms with E-state index >= 15 is 0 Å². The van der Waals surface area contributed by atoms with E-state index in [0.717, 1.165) is 38.5 Å². The van der Waals surface area contributed by atoms with Crippen molar-refractivity contribution >= 4 is 27.4 Å². The summed E-state index contributed by atoms with van der Waals surface area (Å²) in [5, 5.41) is 2.63. The van der Waals surface area contributed by atoms with Crippen LogP contribution in [-0.2, 0) is 12.8 Å². The van der Waals surface area contributed by atoms with E-state index in [2.05, 4.69) is 160 Å². The van der Waals surface area contributed by atoms with E-state index in [1.54, 1.807) is 0 Å². The van der Waals surface area contributed by atoms with Crippen LogP contribution in [0.2, 0.25) is 0 Å². The Hall–Kier alpha value is -4.36. The second-order valence-corrected chi connectivity index (χ2v) is 11.4. The highest BCUT2D eigenvalue weighted by atomic mass is 15.0. The molecule has 1 aromatic heterocycles. The number of benzene rings is 3. The van der Waals surface area contributed by atoms with Crippen LogP contribution in [-0.4, -0.2) is 4.57 Å². The molecular formula is C42H45N. The summed E-state index contributed by atoms with van der Waals surface area (Å²) in [7, 11) is 0. The summed E-state index contributed by atoms with van der Waals surface area (Å²) in [5.41, 5.74) is 11.9. The van der Waals surface area contributed by atoms with Crippen molar-refractivity contribution in [2.24, 2.45) is 0 Å². The monoisotopic (exact) mass is 563 g/mol. The van der Waals surface area contributed by atoms with Crippen LogP contribution in [0.3, 0.4) is 0 Å². The van der Waals surface area contributed by atoms with Gasteiger partial charge in [-0.3, -0.25) is 0 Å². The number of hydrogen-bond donors (Lipinski definition) is 0. The molecular weight excluding hydrogens is 518 g/mol. The van der Waals surface area contributed by atoms with Crippen molar-refractivity contribution in [2.75, 3.05) is 0 Å². The second-order valence-electron chi connectivity index (χ2n) is 11.4. The average molecular weight is 564 g/mol. The molecule has 43 heavy (non-hydrogen) atoms. The first kappa shape index (κ1) is 30.1. The highest BCUT2D eigenvalue weighted by Crippen LogP contribution is 2.35. The lowest BCUT2D eigenvalue weighted by Gasteiger charge is -2.11. The Labute approximate surface area is 258 Å². The SMILES string of the molecule is CC=CC/C(=C\C)Cc1ccc2c(c1)c1cc(C(/C=C\CC)=C/CC)ccc1n2-c1ccc(CC2=CC=CC=CC2)cc1. The fraction of sp³-hybridized carbons (Fsp3) is 0.238. The molecule has 0 amide bonds. The van der Waals surface area contributed by atoms with Gasteiger partial charge in [0.25, 0.3) is 0 Å². The van der Waals surface area contributed by atoms with Gasteiger partial charge in [-0.05, 0) is 111 Å². The molecule has 0 aliphatic heterocycles. The number of nitrogens with zero attached hydrogens (tertiary/aromatic N) is 1. The molecule has 1 nitrogen and oxygen atoms in total. The molecule has 0 unspecified atom stereocenters. The molecule has 1 heteroatoms. The summed E-state index contributed by atoms with van der Waals surface area (Å²) in [6.45, 7) is 8.66. The smallest absolute Gasteiger partial charge is 0.0541 e. The van der Waals surface area contributed by atoms with Gasteiger partial charge < -0.3 is 4.57 Å². The molecule has 0 atom stereocenters. The minimum absolute atomic E-state index is 0.971. The Bertz CT molecular complexity index is 1770. The maximum Gasteiger partial charge on any atom is 0.0541 e. The van der Waals surface area contributed by atoms with Crippen LogP contribution in [0.25, 0.3) is 33.1 Å². The molecule has 0 N–H and O–H groups in total. The molecule has 0 spiro atoms. The Kier molecular flexibility index (Phi) is 10.3. The molecule has 0 bridgehead atoms. The van der Waals surface area contributed by atoms with Crippen LogP contribution in [0, 0.1) is 0 Å². The van der Waals surface area contributed by atoms with Crippen LogP contribution < -0.4 is 0 Å². The Morgan fingerprint density at radius 2 is 1.56 bits per heavy atom. The summed E-state index contributed by atoms with van der Waals surface area (Å²) in [6, 6.07) is 23.3. The van der Waals surface area contributed by atoms with Crippen molar-refractivity contribution in [3.63, 3.8) is 0 Å². The first-order chi connectivity index (χ1) is 21.1. The van der Waals surface area contributed by atoms with Gasteiger partial charge in [-0.15, -0.1) is 0 Å². The van der Waals surface area contributed by atoms with Crippen molar-refractivity contribution in [1.82, 2.24) is 4.57 Å². The Morgan fingerprint density at radius 3 is 2.30 bits per heavy atom. The van der Waals surface area contributed by atoms with Gasteiger partial charge in [-0.1, -0.05) is 116 Å². The maximum atomic E-state index is 2.44. The third-order valence-corrected chi connectivity index (χ3v) is 8.27. The van der Waals surface area contributed by atoms with Gasteiger partial charge in [0.15, 0.2) is 0 Å². The van der Waals surface area contributed by atoms with Gasteiger partial charge in [-0.25, -0.2) is 0 Å². The Balaban J connectivity index is 1.61. The van der Waals surface area contributed by atoms with Gasteiger partial charge >= 0.3 is 0 Å². The zero-order valence-corrected chi connectivity index (χ0v) is 26.3. The molecule has 0 saturated carbocycles. The fourth-order valence-corrected chi connectivity index (χ4v) is 5.99. The first-order valence-electron chi connectivity index (χ1n) is 15.9. The second kappa shape index (κ2) is 14.7. The zero-order valence-electron chi connectivity index (χ0n) is 26.3. The molecule has 1 aliphatic carbocycles. The highest BCUT2D eigenvalue weighted by molar-refractivity contribution is 6.10. The van der Waals surface area contributed by atoms with Crippen LogP contribution >= 0.6 is 0 Å². The largest absolute Gasteiger partial charge is 0.309 e. The molecule has 5 rings (SSSR count). The highest BCUT2D eigenvalue weighted by Gasteiger charge is 2.15. The summed E-state index contributed by atoms with van der Waals surface area (Å²) >= 11 is 0. The van der Waals surface area contributed by atoms with E-state index in [1.807, 2.05) is 0 Å². The minimum Gasteiger partial charge on any atom is -0.309 e.